The largest absolute Gasteiger partial charge is 0.493 e. The quantitative estimate of drug-likeness (QED) is 0.841. The van der Waals surface area contributed by atoms with Gasteiger partial charge in [0, 0.05) is 37.4 Å². The van der Waals surface area contributed by atoms with Crippen molar-refractivity contribution in [1.29, 1.82) is 0 Å². The number of piperidine rings is 1. The molecule has 1 atom stereocenters. The van der Waals surface area contributed by atoms with E-state index in [-0.39, 0.29) is 0 Å². The van der Waals surface area contributed by atoms with E-state index in [1.165, 1.54) is 31.2 Å². The van der Waals surface area contributed by atoms with E-state index in [0.29, 0.717) is 6.04 Å². The highest BCUT2D eigenvalue weighted by Gasteiger charge is 2.23. The van der Waals surface area contributed by atoms with Crippen LogP contribution < -0.4 is 15.0 Å². The summed E-state index contributed by atoms with van der Waals surface area (Å²) in [6, 6.07) is 12.9. The first-order chi connectivity index (χ1) is 12.4. The predicted molar refractivity (Wildman–Crippen MR) is 98.8 cm³/mol. The van der Waals surface area contributed by atoms with Crippen LogP contribution in [0.2, 0.25) is 0 Å². The van der Waals surface area contributed by atoms with Crippen LogP contribution in [0, 0.1) is 5.92 Å². The molecule has 2 aromatic rings. The second-order valence-corrected chi connectivity index (χ2v) is 7.11. The monoisotopic (exact) mass is 338 g/mol. The van der Waals surface area contributed by atoms with Gasteiger partial charge in [-0.25, -0.2) is 0 Å². The zero-order valence-corrected chi connectivity index (χ0v) is 14.6. The van der Waals surface area contributed by atoms with Crippen molar-refractivity contribution >= 4 is 5.82 Å². The summed E-state index contributed by atoms with van der Waals surface area (Å²) in [4.78, 5) is 2.32. The number of rotatable bonds is 7. The lowest BCUT2D eigenvalue weighted by molar-refractivity contribution is 0.295. The van der Waals surface area contributed by atoms with Gasteiger partial charge >= 0.3 is 0 Å². The van der Waals surface area contributed by atoms with Crippen molar-refractivity contribution in [3.05, 3.63) is 48.2 Å². The zero-order valence-electron chi connectivity index (χ0n) is 14.6. The highest BCUT2D eigenvalue weighted by Crippen LogP contribution is 2.30. The molecule has 2 heterocycles. The van der Waals surface area contributed by atoms with Crippen molar-refractivity contribution in [2.45, 2.75) is 38.3 Å². The van der Waals surface area contributed by atoms with Gasteiger partial charge in [0.05, 0.1) is 6.61 Å². The summed E-state index contributed by atoms with van der Waals surface area (Å²) >= 11 is 0. The normalized spacial score (nSPS) is 20.5. The molecule has 0 unspecified atom stereocenters. The Balaban J connectivity index is 1.33. The molecule has 4 rings (SSSR count). The lowest BCUT2D eigenvalue weighted by atomic mass is 10.0. The van der Waals surface area contributed by atoms with E-state index in [9.17, 15) is 0 Å². The van der Waals surface area contributed by atoms with E-state index in [2.05, 4.69) is 44.7 Å². The Bertz CT molecular complexity index is 674. The molecule has 1 aromatic carbocycles. The average molecular weight is 338 g/mol. The van der Waals surface area contributed by atoms with Crippen molar-refractivity contribution < 1.29 is 4.74 Å². The van der Waals surface area contributed by atoms with Crippen LogP contribution in [0.3, 0.4) is 0 Å². The van der Waals surface area contributed by atoms with Crippen LogP contribution in [0.15, 0.2) is 42.6 Å². The Morgan fingerprint density at radius 1 is 1.12 bits per heavy atom. The Morgan fingerprint density at radius 2 is 2.04 bits per heavy atom. The van der Waals surface area contributed by atoms with Gasteiger partial charge in [0.25, 0.3) is 0 Å². The molecule has 1 aromatic heterocycles. The molecule has 0 amide bonds. The fourth-order valence-electron chi connectivity index (χ4n) is 3.35. The van der Waals surface area contributed by atoms with Crippen LogP contribution in [0.4, 0.5) is 5.82 Å². The number of para-hydroxylation sites is 1. The molecule has 2 aliphatic rings. The number of nitrogens with one attached hydrogen (secondary N) is 1. The third-order valence-electron chi connectivity index (χ3n) is 5.03. The van der Waals surface area contributed by atoms with Gasteiger partial charge in [0.15, 0.2) is 5.82 Å². The first-order valence-electron chi connectivity index (χ1n) is 9.35. The van der Waals surface area contributed by atoms with Crippen molar-refractivity contribution in [3.63, 3.8) is 0 Å². The number of hydrogen-bond donors (Lipinski definition) is 1. The predicted octanol–water partition coefficient (Wildman–Crippen LogP) is 3.02. The molecule has 132 valence electrons. The van der Waals surface area contributed by atoms with Crippen molar-refractivity contribution in [2.24, 2.45) is 5.92 Å². The zero-order chi connectivity index (χ0) is 16.9. The molecule has 1 saturated heterocycles. The number of aromatic nitrogens is 2. The summed E-state index contributed by atoms with van der Waals surface area (Å²) in [6.07, 6.45) is 6.74. The van der Waals surface area contributed by atoms with Crippen molar-refractivity contribution in [1.82, 2.24) is 15.5 Å². The van der Waals surface area contributed by atoms with Gasteiger partial charge in [-0.2, -0.15) is 5.10 Å². The number of nitrogens with zero attached hydrogens (tertiary/aromatic N) is 3. The number of hydrogen-bond acceptors (Lipinski definition) is 5. The van der Waals surface area contributed by atoms with Crippen LogP contribution in [-0.2, 0) is 6.54 Å². The number of ether oxygens (including phenoxy) is 1. The molecule has 5 nitrogen and oxygen atoms in total. The van der Waals surface area contributed by atoms with Gasteiger partial charge in [0.2, 0.25) is 0 Å². The van der Waals surface area contributed by atoms with E-state index in [1.807, 2.05) is 12.1 Å². The van der Waals surface area contributed by atoms with E-state index in [0.717, 1.165) is 43.7 Å². The molecule has 25 heavy (non-hydrogen) atoms. The summed E-state index contributed by atoms with van der Waals surface area (Å²) in [5.41, 5.74) is 1.25. The second kappa shape index (κ2) is 7.83. The van der Waals surface area contributed by atoms with Gasteiger partial charge in [0.1, 0.15) is 5.75 Å². The third-order valence-corrected chi connectivity index (χ3v) is 5.03. The molecular formula is C20H26N4O. The third kappa shape index (κ3) is 4.48. The van der Waals surface area contributed by atoms with Crippen LogP contribution in [0.5, 0.6) is 5.75 Å². The molecule has 0 radical (unpaired) electrons. The summed E-state index contributed by atoms with van der Waals surface area (Å²) in [6.45, 7) is 3.74. The highest BCUT2D eigenvalue weighted by molar-refractivity contribution is 5.37. The molecule has 5 heteroatoms. The minimum absolute atomic E-state index is 0.465. The molecule has 0 bridgehead atoms. The minimum atomic E-state index is 0.465. The van der Waals surface area contributed by atoms with Gasteiger partial charge in [-0.1, -0.05) is 18.2 Å². The molecule has 0 spiro atoms. The smallest absolute Gasteiger partial charge is 0.151 e. The SMILES string of the molecule is c1cnnc(N2CCC[C@H](NCc3ccccc3OCC3CC3)C2)c1. The first kappa shape index (κ1) is 16.3. The lowest BCUT2D eigenvalue weighted by Gasteiger charge is -2.33. The van der Waals surface area contributed by atoms with Crippen LogP contribution in [-0.4, -0.2) is 35.9 Å². The van der Waals surface area contributed by atoms with Gasteiger partial charge < -0.3 is 15.0 Å². The molecule has 1 N–H and O–H groups in total. The fraction of sp³-hybridized carbons (Fsp3) is 0.500. The summed E-state index contributed by atoms with van der Waals surface area (Å²) in [5, 5.41) is 12.0. The van der Waals surface area contributed by atoms with Gasteiger partial charge in [-0.05, 0) is 49.8 Å². The fourth-order valence-corrected chi connectivity index (χ4v) is 3.35. The molecular weight excluding hydrogens is 312 g/mol. The molecule has 1 aliphatic heterocycles. The Hall–Kier alpha value is -2.14. The second-order valence-electron chi connectivity index (χ2n) is 7.11. The Kier molecular flexibility index (Phi) is 5.11. The number of benzene rings is 1. The van der Waals surface area contributed by atoms with Crippen LogP contribution in [0.1, 0.15) is 31.2 Å². The number of anilines is 1. The Labute approximate surface area is 149 Å². The maximum absolute atomic E-state index is 6.02. The van der Waals surface area contributed by atoms with E-state index in [1.54, 1.807) is 6.20 Å². The highest BCUT2D eigenvalue weighted by atomic mass is 16.5. The maximum atomic E-state index is 6.02. The standard InChI is InChI=1S/C20H26N4O/c1-2-7-19(25-15-16-9-10-16)17(5-1)13-21-18-6-4-12-24(14-18)20-8-3-11-22-23-20/h1-3,5,7-8,11,16,18,21H,4,6,9-10,12-15H2/t18-/m0/s1. The van der Waals surface area contributed by atoms with E-state index in [4.69, 9.17) is 4.74 Å². The summed E-state index contributed by atoms with van der Waals surface area (Å²) in [7, 11) is 0. The Morgan fingerprint density at radius 3 is 2.88 bits per heavy atom. The topological polar surface area (TPSA) is 50.3 Å². The van der Waals surface area contributed by atoms with Crippen LogP contribution >= 0.6 is 0 Å². The van der Waals surface area contributed by atoms with E-state index >= 15 is 0 Å². The molecule has 1 saturated carbocycles. The molecule has 2 fully saturated rings. The summed E-state index contributed by atoms with van der Waals surface area (Å²) in [5.74, 6) is 2.78. The van der Waals surface area contributed by atoms with Gasteiger partial charge in [-0.15, -0.1) is 5.10 Å². The lowest BCUT2D eigenvalue weighted by Crippen LogP contribution is -2.45. The van der Waals surface area contributed by atoms with Crippen molar-refractivity contribution in [3.8, 4) is 5.75 Å². The van der Waals surface area contributed by atoms with Crippen LogP contribution in [0.25, 0.3) is 0 Å². The molecule has 1 aliphatic carbocycles. The first-order valence-corrected chi connectivity index (χ1v) is 9.35. The van der Waals surface area contributed by atoms with Crippen molar-refractivity contribution in [2.75, 3.05) is 24.6 Å². The average Bonchev–Trinajstić information content (AvgIpc) is 3.51. The van der Waals surface area contributed by atoms with E-state index < -0.39 is 0 Å². The maximum Gasteiger partial charge on any atom is 0.151 e. The summed E-state index contributed by atoms with van der Waals surface area (Å²) < 4.78 is 6.02. The van der Waals surface area contributed by atoms with Gasteiger partial charge in [-0.3, -0.25) is 0 Å². The minimum Gasteiger partial charge on any atom is -0.493 e.